The number of hydrogen-bond acceptors (Lipinski definition) is 4. The molecule has 6 nitrogen and oxygen atoms in total. The van der Waals surface area contributed by atoms with Crippen molar-refractivity contribution in [2.75, 3.05) is 19.6 Å². The normalized spacial score (nSPS) is 19.0. The molecule has 1 aliphatic heterocycles. The Bertz CT molecular complexity index is 963. The summed E-state index contributed by atoms with van der Waals surface area (Å²) < 4.78 is 14.0. The SMILES string of the molecule is CC(C)C(=O)N(C[C@H]1CN(Cc2ccccc2[N+](=O)[O-])C[C@H]1c1cccc(F)c1)C(C)C. The number of nitro groups is 1. The Morgan fingerprint density at radius 2 is 1.88 bits per heavy atom. The molecule has 2 atom stereocenters. The molecule has 2 aromatic rings. The molecule has 2 aromatic carbocycles. The number of carbonyl (C=O) groups excluding carboxylic acids is 1. The van der Waals surface area contributed by atoms with E-state index in [1.807, 2.05) is 44.7 Å². The highest BCUT2D eigenvalue weighted by Gasteiger charge is 2.37. The average molecular weight is 442 g/mol. The number of carbonyl (C=O) groups is 1. The molecule has 0 bridgehead atoms. The van der Waals surface area contributed by atoms with Crippen LogP contribution in [0.2, 0.25) is 0 Å². The topological polar surface area (TPSA) is 66.7 Å². The summed E-state index contributed by atoms with van der Waals surface area (Å²) in [5.74, 6) is -0.138. The molecular weight excluding hydrogens is 409 g/mol. The highest BCUT2D eigenvalue weighted by atomic mass is 19.1. The van der Waals surface area contributed by atoms with Crippen molar-refractivity contribution in [2.24, 2.45) is 11.8 Å². The summed E-state index contributed by atoms with van der Waals surface area (Å²) in [7, 11) is 0. The first-order valence-corrected chi connectivity index (χ1v) is 11.2. The van der Waals surface area contributed by atoms with E-state index in [2.05, 4.69) is 4.90 Å². The van der Waals surface area contributed by atoms with E-state index in [4.69, 9.17) is 0 Å². The second-order valence-electron chi connectivity index (χ2n) is 9.24. The number of likely N-dealkylation sites (tertiary alicyclic amines) is 1. The third kappa shape index (κ3) is 5.51. The van der Waals surface area contributed by atoms with Gasteiger partial charge in [-0.2, -0.15) is 0 Å². The van der Waals surface area contributed by atoms with Crippen LogP contribution >= 0.6 is 0 Å². The standard InChI is InChI=1S/C25H32FN3O3/c1-17(2)25(30)28(18(3)4)15-21-14-27(13-20-8-5-6-11-24(20)29(31)32)16-23(21)19-9-7-10-22(26)12-19/h5-12,17-18,21,23H,13-16H2,1-4H3/t21-,23+/m1/s1. The quantitative estimate of drug-likeness (QED) is 0.434. The van der Waals surface area contributed by atoms with Crippen molar-refractivity contribution in [1.29, 1.82) is 0 Å². The lowest BCUT2D eigenvalue weighted by molar-refractivity contribution is -0.385. The number of para-hydroxylation sites is 1. The minimum atomic E-state index is -0.352. The minimum absolute atomic E-state index is 0.0367. The fourth-order valence-electron chi connectivity index (χ4n) is 4.59. The molecular formula is C25H32FN3O3. The highest BCUT2D eigenvalue weighted by molar-refractivity contribution is 5.78. The van der Waals surface area contributed by atoms with Crippen LogP contribution in [-0.2, 0) is 11.3 Å². The molecule has 0 spiro atoms. The van der Waals surface area contributed by atoms with Crippen LogP contribution in [0.3, 0.4) is 0 Å². The monoisotopic (exact) mass is 441 g/mol. The van der Waals surface area contributed by atoms with Crippen molar-refractivity contribution in [3.8, 4) is 0 Å². The Morgan fingerprint density at radius 1 is 1.16 bits per heavy atom. The fourth-order valence-corrected chi connectivity index (χ4v) is 4.59. The van der Waals surface area contributed by atoms with Crippen LogP contribution in [0.5, 0.6) is 0 Å². The second-order valence-corrected chi connectivity index (χ2v) is 9.24. The summed E-state index contributed by atoms with van der Waals surface area (Å²) in [4.78, 5) is 28.0. The van der Waals surface area contributed by atoms with Crippen molar-refractivity contribution in [1.82, 2.24) is 9.80 Å². The van der Waals surface area contributed by atoms with Gasteiger partial charge in [0.25, 0.3) is 5.69 Å². The smallest absolute Gasteiger partial charge is 0.273 e. The zero-order valence-corrected chi connectivity index (χ0v) is 19.2. The maximum atomic E-state index is 14.0. The van der Waals surface area contributed by atoms with E-state index in [0.29, 0.717) is 31.7 Å². The van der Waals surface area contributed by atoms with Gasteiger partial charge < -0.3 is 4.90 Å². The van der Waals surface area contributed by atoms with Crippen molar-refractivity contribution in [3.63, 3.8) is 0 Å². The Hall–Kier alpha value is -2.80. The predicted octanol–water partition coefficient (Wildman–Crippen LogP) is 4.84. The van der Waals surface area contributed by atoms with Crippen LogP contribution < -0.4 is 0 Å². The fraction of sp³-hybridized carbons (Fsp3) is 0.480. The number of benzene rings is 2. The number of halogens is 1. The van der Waals surface area contributed by atoms with Gasteiger partial charge in [0.15, 0.2) is 0 Å². The number of hydrogen-bond donors (Lipinski definition) is 0. The molecule has 1 amide bonds. The van der Waals surface area contributed by atoms with Gasteiger partial charge >= 0.3 is 0 Å². The van der Waals surface area contributed by atoms with Crippen LogP contribution in [0.4, 0.5) is 10.1 Å². The maximum absolute atomic E-state index is 14.0. The van der Waals surface area contributed by atoms with E-state index >= 15 is 0 Å². The van der Waals surface area contributed by atoms with Crippen LogP contribution in [0, 0.1) is 27.8 Å². The first-order chi connectivity index (χ1) is 15.2. The van der Waals surface area contributed by atoms with Crippen molar-refractivity contribution < 1.29 is 14.1 Å². The van der Waals surface area contributed by atoms with E-state index in [9.17, 15) is 19.3 Å². The number of nitrogens with zero attached hydrogens (tertiary/aromatic N) is 3. The third-order valence-corrected chi connectivity index (χ3v) is 6.21. The van der Waals surface area contributed by atoms with E-state index in [1.54, 1.807) is 24.3 Å². The molecule has 32 heavy (non-hydrogen) atoms. The lowest BCUT2D eigenvalue weighted by atomic mass is 9.88. The molecule has 1 saturated heterocycles. The van der Waals surface area contributed by atoms with Gasteiger partial charge in [0.2, 0.25) is 5.91 Å². The first-order valence-electron chi connectivity index (χ1n) is 11.2. The van der Waals surface area contributed by atoms with Gasteiger partial charge in [-0.1, -0.05) is 44.2 Å². The van der Waals surface area contributed by atoms with Crippen molar-refractivity contribution in [2.45, 2.75) is 46.2 Å². The van der Waals surface area contributed by atoms with Gasteiger partial charge in [-0.15, -0.1) is 0 Å². The molecule has 1 fully saturated rings. The third-order valence-electron chi connectivity index (χ3n) is 6.21. The van der Waals surface area contributed by atoms with Gasteiger partial charge in [0, 0.05) is 55.7 Å². The molecule has 0 unspecified atom stereocenters. The first kappa shape index (κ1) is 23.9. The van der Waals surface area contributed by atoms with Crippen molar-refractivity contribution >= 4 is 11.6 Å². The van der Waals surface area contributed by atoms with Gasteiger partial charge in [-0.3, -0.25) is 19.8 Å². The van der Waals surface area contributed by atoms with Crippen LogP contribution in [0.25, 0.3) is 0 Å². The van der Waals surface area contributed by atoms with E-state index in [-0.39, 0.29) is 46.1 Å². The summed E-state index contributed by atoms with van der Waals surface area (Å²) in [5, 5.41) is 11.4. The second kappa shape index (κ2) is 10.2. The lowest BCUT2D eigenvalue weighted by Gasteiger charge is -2.33. The molecule has 7 heteroatoms. The Morgan fingerprint density at radius 3 is 2.50 bits per heavy atom. The molecule has 0 radical (unpaired) electrons. The Kier molecular flexibility index (Phi) is 7.61. The molecule has 0 saturated carbocycles. The number of rotatable bonds is 8. The molecule has 0 aromatic heterocycles. The minimum Gasteiger partial charge on any atom is -0.340 e. The van der Waals surface area contributed by atoms with Crippen LogP contribution in [0.15, 0.2) is 48.5 Å². The Balaban J connectivity index is 1.88. The Labute approximate surface area is 189 Å². The van der Waals surface area contributed by atoms with Crippen molar-refractivity contribution in [3.05, 3.63) is 75.6 Å². The van der Waals surface area contributed by atoms with E-state index in [1.165, 1.54) is 12.1 Å². The molecule has 1 heterocycles. The molecule has 172 valence electrons. The zero-order chi connectivity index (χ0) is 23.4. The summed E-state index contributed by atoms with van der Waals surface area (Å²) in [6, 6.07) is 13.5. The summed E-state index contributed by atoms with van der Waals surface area (Å²) in [6.07, 6.45) is 0. The molecule has 3 rings (SSSR count). The zero-order valence-electron chi connectivity index (χ0n) is 19.2. The largest absolute Gasteiger partial charge is 0.340 e. The lowest BCUT2D eigenvalue weighted by Crippen LogP contribution is -2.43. The van der Waals surface area contributed by atoms with E-state index in [0.717, 1.165) is 5.56 Å². The van der Waals surface area contributed by atoms with Gasteiger partial charge in [-0.25, -0.2) is 4.39 Å². The van der Waals surface area contributed by atoms with Crippen LogP contribution in [0.1, 0.15) is 44.7 Å². The molecule has 0 aliphatic carbocycles. The summed E-state index contributed by atoms with van der Waals surface area (Å²) in [6.45, 7) is 10.2. The number of nitro benzene ring substituents is 1. The van der Waals surface area contributed by atoms with Gasteiger partial charge in [0.1, 0.15) is 5.82 Å². The summed E-state index contributed by atoms with van der Waals surface area (Å²) in [5.41, 5.74) is 1.67. The summed E-state index contributed by atoms with van der Waals surface area (Å²) >= 11 is 0. The van der Waals surface area contributed by atoms with E-state index < -0.39 is 0 Å². The van der Waals surface area contributed by atoms with Gasteiger partial charge in [-0.05, 0) is 37.5 Å². The van der Waals surface area contributed by atoms with Gasteiger partial charge in [0.05, 0.1) is 4.92 Å². The predicted molar refractivity (Wildman–Crippen MR) is 123 cm³/mol. The van der Waals surface area contributed by atoms with Crippen LogP contribution in [-0.4, -0.2) is 46.3 Å². The molecule has 0 N–H and O–H groups in total. The molecule has 1 aliphatic rings. The average Bonchev–Trinajstić information content (AvgIpc) is 3.13. The highest BCUT2D eigenvalue weighted by Crippen LogP contribution is 2.35. The maximum Gasteiger partial charge on any atom is 0.273 e. The number of amides is 1.